The lowest BCUT2D eigenvalue weighted by Crippen LogP contribution is -2.35. The van der Waals surface area contributed by atoms with Crippen molar-refractivity contribution < 1.29 is 9.53 Å². The van der Waals surface area contributed by atoms with Crippen molar-refractivity contribution in [1.82, 2.24) is 4.90 Å². The molecule has 0 spiro atoms. The van der Waals surface area contributed by atoms with Gasteiger partial charge in [-0.15, -0.1) is 0 Å². The van der Waals surface area contributed by atoms with Crippen LogP contribution in [0.5, 0.6) is 0 Å². The third kappa shape index (κ3) is 4.76. The smallest absolute Gasteiger partial charge is 0.410 e. The summed E-state index contributed by atoms with van der Waals surface area (Å²) in [7, 11) is 1.76. The minimum atomic E-state index is -0.348. The zero-order valence-corrected chi connectivity index (χ0v) is 9.39. The highest BCUT2D eigenvalue weighted by Gasteiger charge is 2.22. The fraction of sp³-hybridized carbons (Fsp3) is 0.900. The van der Waals surface area contributed by atoms with Crippen LogP contribution in [0.25, 0.3) is 0 Å². The normalized spacial score (nSPS) is 11.2. The minimum Gasteiger partial charge on any atom is -0.443 e. The predicted molar refractivity (Wildman–Crippen MR) is 53.8 cm³/mol. The van der Waals surface area contributed by atoms with Crippen LogP contribution in [0.4, 0.5) is 4.79 Å². The fourth-order valence-electron chi connectivity index (χ4n) is 0.813. The lowest BCUT2D eigenvalue weighted by atomic mass is 10.1. The van der Waals surface area contributed by atoms with E-state index in [0.29, 0.717) is 0 Å². The summed E-state index contributed by atoms with van der Waals surface area (Å²) in [5.41, 5.74) is -0.348. The summed E-state index contributed by atoms with van der Waals surface area (Å²) >= 11 is 0. The molecule has 3 heteroatoms. The molecule has 0 aliphatic carbocycles. The lowest BCUT2D eigenvalue weighted by molar-refractivity contribution is 0.0157. The van der Waals surface area contributed by atoms with Gasteiger partial charge in [0.15, 0.2) is 0 Å². The van der Waals surface area contributed by atoms with Gasteiger partial charge in [-0.2, -0.15) is 0 Å². The van der Waals surface area contributed by atoms with Gasteiger partial charge in [0.05, 0.1) is 0 Å². The molecule has 0 aromatic rings. The summed E-state index contributed by atoms with van der Waals surface area (Å²) in [6.07, 6.45) is 1.56. The van der Waals surface area contributed by atoms with Crippen molar-refractivity contribution >= 4 is 6.09 Å². The van der Waals surface area contributed by atoms with Crippen molar-refractivity contribution in [2.45, 2.75) is 46.1 Å². The lowest BCUT2D eigenvalue weighted by Gasteiger charge is -2.26. The topological polar surface area (TPSA) is 29.5 Å². The van der Waals surface area contributed by atoms with Crippen molar-refractivity contribution in [2.75, 3.05) is 13.6 Å². The maximum absolute atomic E-state index is 11.4. The van der Waals surface area contributed by atoms with Gasteiger partial charge < -0.3 is 9.64 Å². The van der Waals surface area contributed by atoms with Crippen LogP contribution in [0.2, 0.25) is 0 Å². The highest BCUT2D eigenvalue weighted by atomic mass is 16.6. The molecule has 1 amide bonds. The molecule has 0 atom stereocenters. The van der Waals surface area contributed by atoms with E-state index in [4.69, 9.17) is 4.74 Å². The quantitative estimate of drug-likeness (QED) is 0.677. The van der Waals surface area contributed by atoms with Crippen molar-refractivity contribution in [3.8, 4) is 0 Å². The van der Waals surface area contributed by atoms with Gasteiger partial charge in [0, 0.05) is 13.6 Å². The number of amides is 1. The number of carbonyl (C=O) groups is 1. The summed E-state index contributed by atoms with van der Waals surface area (Å²) in [6.45, 7) is 8.63. The Morgan fingerprint density at radius 3 is 2.31 bits per heavy atom. The summed E-state index contributed by atoms with van der Waals surface area (Å²) in [5, 5.41) is 0. The molecule has 0 bridgehead atoms. The van der Waals surface area contributed by atoms with E-state index >= 15 is 0 Å². The molecule has 0 rings (SSSR count). The first-order chi connectivity index (χ1) is 5.93. The molecule has 0 heterocycles. The Morgan fingerprint density at radius 1 is 1.38 bits per heavy atom. The Balaban J connectivity index is 3.99. The first-order valence-electron chi connectivity index (χ1n) is 4.87. The third-order valence-corrected chi connectivity index (χ3v) is 2.09. The number of hydrogen-bond donors (Lipinski definition) is 0. The van der Waals surface area contributed by atoms with Crippen LogP contribution in [0.1, 0.15) is 40.5 Å². The molecule has 0 fully saturated rings. The summed E-state index contributed by atoms with van der Waals surface area (Å²) in [5.74, 6) is 0. The second-order valence-electron chi connectivity index (χ2n) is 3.90. The molecule has 0 aromatic carbocycles. The van der Waals surface area contributed by atoms with Gasteiger partial charge in [0.1, 0.15) is 5.60 Å². The van der Waals surface area contributed by atoms with Crippen molar-refractivity contribution in [3.05, 3.63) is 0 Å². The highest BCUT2D eigenvalue weighted by Crippen LogP contribution is 2.14. The average molecular weight is 187 g/mol. The molecule has 0 saturated carbocycles. The predicted octanol–water partition coefficient (Wildman–Crippen LogP) is 2.65. The average Bonchev–Trinajstić information content (AvgIpc) is 2.04. The number of hydrogen-bond acceptors (Lipinski definition) is 2. The van der Waals surface area contributed by atoms with Crippen molar-refractivity contribution in [1.29, 1.82) is 0 Å². The van der Waals surface area contributed by atoms with Gasteiger partial charge in [-0.05, 0) is 26.7 Å². The molecule has 0 aliphatic rings. The molecule has 0 aliphatic heterocycles. The SMILES string of the molecule is CCCN(C)C(=O)OC(C)(C)CC. The first kappa shape index (κ1) is 12.3. The number of carbonyl (C=O) groups excluding carboxylic acids is 1. The van der Waals surface area contributed by atoms with Gasteiger partial charge in [-0.3, -0.25) is 0 Å². The molecule has 0 saturated heterocycles. The number of ether oxygens (including phenoxy) is 1. The highest BCUT2D eigenvalue weighted by molar-refractivity contribution is 5.67. The first-order valence-corrected chi connectivity index (χ1v) is 4.87. The Bertz CT molecular complexity index is 166. The van der Waals surface area contributed by atoms with Crippen LogP contribution >= 0.6 is 0 Å². The van der Waals surface area contributed by atoms with Gasteiger partial charge >= 0.3 is 6.09 Å². The Kier molecular flexibility index (Phi) is 4.81. The van der Waals surface area contributed by atoms with Gasteiger partial charge in [0.25, 0.3) is 0 Å². The minimum absolute atomic E-state index is 0.228. The second-order valence-corrected chi connectivity index (χ2v) is 3.90. The van der Waals surface area contributed by atoms with Crippen LogP contribution < -0.4 is 0 Å². The van der Waals surface area contributed by atoms with Crippen molar-refractivity contribution in [2.24, 2.45) is 0 Å². The van der Waals surface area contributed by atoms with E-state index in [-0.39, 0.29) is 11.7 Å². The fourth-order valence-corrected chi connectivity index (χ4v) is 0.813. The van der Waals surface area contributed by atoms with E-state index < -0.39 is 0 Å². The maximum atomic E-state index is 11.4. The van der Waals surface area contributed by atoms with Crippen molar-refractivity contribution in [3.63, 3.8) is 0 Å². The maximum Gasteiger partial charge on any atom is 0.410 e. The van der Waals surface area contributed by atoms with E-state index in [1.54, 1.807) is 11.9 Å². The molecule has 78 valence electrons. The molecular formula is C10H21NO2. The standard InChI is InChI=1S/C10H21NO2/c1-6-8-11(5)9(12)13-10(3,4)7-2/h6-8H2,1-5H3. The number of nitrogens with zero attached hydrogens (tertiary/aromatic N) is 1. The number of rotatable bonds is 4. The van der Waals surface area contributed by atoms with Crippen LogP contribution in [0, 0.1) is 0 Å². The van der Waals surface area contributed by atoms with Crippen LogP contribution in [-0.4, -0.2) is 30.2 Å². The Hall–Kier alpha value is -0.730. The Labute approximate surface area is 81.1 Å². The third-order valence-electron chi connectivity index (χ3n) is 2.09. The van der Waals surface area contributed by atoms with Crippen LogP contribution in [0.15, 0.2) is 0 Å². The van der Waals surface area contributed by atoms with E-state index in [1.165, 1.54) is 0 Å². The summed E-state index contributed by atoms with van der Waals surface area (Å²) < 4.78 is 5.29. The van der Waals surface area contributed by atoms with Crippen LogP contribution in [0.3, 0.4) is 0 Å². The summed E-state index contributed by atoms with van der Waals surface area (Å²) in [4.78, 5) is 13.0. The molecular weight excluding hydrogens is 166 g/mol. The zero-order valence-electron chi connectivity index (χ0n) is 9.39. The molecule has 0 aromatic heterocycles. The Morgan fingerprint density at radius 2 is 1.92 bits per heavy atom. The molecule has 0 unspecified atom stereocenters. The second kappa shape index (κ2) is 5.10. The zero-order chi connectivity index (χ0) is 10.5. The summed E-state index contributed by atoms with van der Waals surface area (Å²) in [6, 6.07) is 0. The van der Waals surface area contributed by atoms with Gasteiger partial charge in [-0.25, -0.2) is 4.79 Å². The monoisotopic (exact) mass is 187 g/mol. The molecule has 0 N–H and O–H groups in total. The van der Waals surface area contributed by atoms with E-state index in [1.807, 2.05) is 27.7 Å². The van der Waals surface area contributed by atoms with Gasteiger partial charge in [-0.1, -0.05) is 13.8 Å². The van der Waals surface area contributed by atoms with Gasteiger partial charge in [0.2, 0.25) is 0 Å². The van der Waals surface area contributed by atoms with E-state index in [0.717, 1.165) is 19.4 Å². The van der Waals surface area contributed by atoms with E-state index in [2.05, 4.69) is 0 Å². The largest absolute Gasteiger partial charge is 0.443 e. The van der Waals surface area contributed by atoms with E-state index in [9.17, 15) is 4.79 Å². The molecule has 3 nitrogen and oxygen atoms in total. The van der Waals surface area contributed by atoms with Crippen LogP contribution in [-0.2, 0) is 4.74 Å². The molecule has 0 radical (unpaired) electrons. The molecule has 13 heavy (non-hydrogen) atoms.